The number of rotatable bonds is 3. The van der Waals surface area contributed by atoms with Crippen molar-refractivity contribution < 1.29 is 13.2 Å². The van der Waals surface area contributed by atoms with Crippen LogP contribution in [0, 0.1) is 6.92 Å². The highest BCUT2D eigenvalue weighted by Crippen LogP contribution is 2.32. The maximum atomic E-state index is 12.6. The Bertz CT molecular complexity index is 634. The summed E-state index contributed by atoms with van der Waals surface area (Å²) in [7, 11) is 0. The number of aryl methyl sites for hydroxylation is 1. The fourth-order valence-electron chi connectivity index (χ4n) is 2.84. The number of aromatic amines is 1. The van der Waals surface area contributed by atoms with E-state index in [-0.39, 0.29) is 5.92 Å². The van der Waals surface area contributed by atoms with Gasteiger partial charge in [-0.05, 0) is 32.4 Å². The number of piperidine rings is 1. The molecule has 0 saturated carbocycles. The molecule has 0 unspecified atom stereocenters. The van der Waals surface area contributed by atoms with E-state index in [4.69, 9.17) is 0 Å². The summed E-state index contributed by atoms with van der Waals surface area (Å²) in [5.41, 5.74) is -0.254. The lowest BCUT2D eigenvalue weighted by molar-refractivity contribution is -0.141. The van der Waals surface area contributed by atoms with Crippen LogP contribution in [0.5, 0.6) is 0 Å². The molecule has 1 fully saturated rings. The summed E-state index contributed by atoms with van der Waals surface area (Å²) in [6, 6.07) is 1.14. The Labute approximate surface area is 130 Å². The van der Waals surface area contributed by atoms with E-state index in [1.807, 2.05) is 13.1 Å². The Balaban J connectivity index is 1.66. The van der Waals surface area contributed by atoms with Gasteiger partial charge in [-0.15, -0.1) is 11.3 Å². The fraction of sp³-hybridized carbons (Fsp3) is 0.571. The molecule has 1 aliphatic rings. The van der Waals surface area contributed by atoms with Gasteiger partial charge in [-0.2, -0.15) is 18.3 Å². The van der Waals surface area contributed by atoms with Crippen molar-refractivity contribution in [2.24, 2.45) is 0 Å². The van der Waals surface area contributed by atoms with Crippen LogP contribution in [0.2, 0.25) is 0 Å². The van der Waals surface area contributed by atoms with Crippen LogP contribution in [0.1, 0.15) is 40.0 Å². The van der Waals surface area contributed by atoms with Gasteiger partial charge in [0, 0.05) is 35.8 Å². The largest absolute Gasteiger partial charge is 0.435 e. The lowest BCUT2D eigenvalue weighted by atomic mass is 9.94. The van der Waals surface area contributed by atoms with Gasteiger partial charge in [0.15, 0.2) is 5.69 Å². The van der Waals surface area contributed by atoms with E-state index in [1.54, 1.807) is 11.3 Å². The second-order valence-electron chi connectivity index (χ2n) is 5.63. The third kappa shape index (κ3) is 3.49. The van der Waals surface area contributed by atoms with Gasteiger partial charge in [-0.1, -0.05) is 0 Å². The minimum atomic E-state index is -4.39. The molecule has 0 aromatic carbocycles. The second kappa shape index (κ2) is 6.00. The van der Waals surface area contributed by atoms with Crippen molar-refractivity contribution in [3.05, 3.63) is 33.5 Å². The van der Waals surface area contributed by atoms with E-state index in [0.29, 0.717) is 5.69 Å². The van der Waals surface area contributed by atoms with Gasteiger partial charge in [0.05, 0.1) is 5.01 Å². The number of alkyl halides is 3. The SMILES string of the molecule is Cc1ncc(CN2CCC[C@@H](c3cc(C(F)(F)F)n[nH]3)C2)s1. The molecular weight excluding hydrogens is 313 g/mol. The van der Waals surface area contributed by atoms with E-state index in [2.05, 4.69) is 20.1 Å². The highest BCUT2D eigenvalue weighted by molar-refractivity contribution is 7.11. The molecule has 2 aromatic heterocycles. The lowest BCUT2D eigenvalue weighted by Crippen LogP contribution is -2.33. The first-order valence-corrected chi connectivity index (χ1v) is 7.99. The summed E-state index contributed by atoms with van der Waals surface area (Å²) in [6.07, 6.45) is -0.647. The maximum absolute atomic E-state index is 12.6. The van der Waals surface area contributed by atoms with Crippen molar-refractivity contribution in [1.29, 1.82) is 0 Å². The molecule has 3 heterocycles. The summed E-state index contributed by atoms with van der Waals surface area (Å²) in [5.74, 6) is 0.0753. The Hall–Kier alpha value is -1.41. The van der Waals surface area contributed by atoms with Crippen LogP contribution in [0.3, 0.4) is 0 Å². The number of hydrogen-bond donors (Lipinski definition) is 1. The highest BCUT2D eigenvalue weighted by atomic mass is 32.1. The predicted molar refractivity (Wildman–Crippen MR) is 77.7 cm³/mol. The average molecular weight is 330 g/mol. The third-order valence-electron chi connectivity index (χ3n) is 3.88. The summed E-state index contributed by atoms with van der Waals surface area (Å²) in [4.78, 5) is 7.71. The van der Waals surface area contributed by atoms with Gasteiger partial charge in [0.1, 0.15) is 0 Å². The van der Waals surface area contributed by atoms with Gasteiger partial charge in [-0.3, -0.25) is 10.00 Å². The predicted octanol–water partition coefficient (Wildman–Crippen LogP) is 3.57. The van der Waals surface area contributed by atoms with Crippen LogP contribution < -0.4 is 0 Å². The molecule has 0 bridgehead atoms. The molecule has 4 nitrogen and oxygen atoms in total. The van der Waals surface area contributed by atoms with Gasteiger partial charge in [0.25, 0.3) is 0 Å². The van der Waals surface area contributed by atoms with E-state index in [9.17, 15) is 13.2 Å². The summed E-state index contributed by atoms with van der Waals surface area (Å²) in [6.45, 7) is 4.49. The summed E-state index contributed by atoms with van der Waals surface area (Å²) in [5, 5.41) is 7.00. The number of hydrogen-bond acceptors (Lipinski definition) is 4. The standard InChI is InChI=1S/C14H17F3N4S/c1-9-18-6-11(22-9)8-21-4-2-3-10(7-21)12-5-13(20-19-12)14(15,16)17/h5-6,10H,2-4,7-8H2,1H3,(H,19,20)/t10-/m1/s1. The van der Waals surface area contributed by atoms with Crippen molar-refractivity contribution in [3.63, 3.8) is 0 Å². The Morgan fingerprint density at radius 3 is 2.91 bits per heavy atom. The molecule has 0 amide bonds. The van der Waals surface area contributed by atoms with E-state index < -0.39 is 11.9 Å². The van der Waals surface area contributed by atoms with Crippen molar-refractivity contribution in [2.75, 3.05) is 13.1 Å². The minimum absolute atomic E-state index is 0.0753. The highest BCUT2D eigenvalue weighted by Gasteiger charge is 2.35. The zero-order chi connectivity index (χ0) is 15.7. The fourth-order valence-corrected chi connectivity index (χ4v) is 3.68. The van der Waals surface area contributed by atoms with E-state index in [0.717, 1.165) is 43.5 Å². The molecule has 8 heteroatoms. The van der Waals surface area contributed by atoms with Crippen molar-refractivity contribution in [2.45, 2.75) is 38.4 Å². The van der Waals surface area contributed by atoms with Gasteiger partial charge >= 0.3 is 6.18 Å². The minimum Gasteiger partial charge on any atom is -0.298 e. The maximum Gasteiger partial charge on any atom is 0.435 e. The van der Waals surface area contributed by atoms with Crippen LogP contribution in [-0.4, -0.2) is 33.2 Å². The van der Waals surface area contributed by atoms with E-state index in [1.165, 1.54) is 4.88 Å². The number of aromatic nitrogens is 3. The molecule has 1 aliphatic heterocycles. The molecule has 1 atom stereocenters. The van der Waals surface area contributed by atoms with Crippen LogP contribution in [-0.2, 0) is 12.7 Å². The second-order valence-corrected chi connectivity index (χ2v) is 6.95. The molecule has 120 valence electrons. The molecule has 1 saturated heterocycles. The van der Waals surface area contributed by atoms with Gasteiger partial charge < -0.3 is 0 Å². The zero-order valence-corrected chi connectivity index (χ0v) is 13.0. The molecule has 22 heavy (non-hydrogen) atoms. The number of nitrogens with zero attached hydrogens (tertiary/aromatic N) is 3. The first-order valence-electron chi connectivity index (χ1n) is 7.18. The molecular formula is C14H17F3N4S. The van der Waals surface area contributed by atoms with Crippen LogP contribution in [0.15, 0.2) is 12.3 Å². The topological polar surface area (TPSA) is 44.8 Å². The van der Waals surface area contributed by atoms with Crippen LogP contribution >= 0.6 is 11.3 Å². The molecule has 0 spiro atoms. The van der Waals surface area contributed by atoms with E-state index >= 15 is 0 Å². The quantitative estimate of drug-likeness (QED) is 0.936. The van der Waals surface area contributed by atoms with Crippen LogP contribution in [0.25, 0.3) is 0 Å². The zero-order valence-electron chi connectivity index (χ0n) is 12.2. The number of halogens is 3. The average Bonchev–Trinajstić information content (AvgIpc) is 3.08. The van der Waals surface area contributed by atoms with Crippen LogP contribution in [0.4, 0.5) is 13.2 Å². The number of H-pyrrole nitrogens is 1. The Morgan fingerprint density at radius 1 is 1.45 bits per heavy atom. The van der Waals surface area contributed by atoms with Gasteiger partial charge in [-0.25, -0.2) is 4.98 Å². The van der Waals surface area contributed by atoms with Gasteiger partial charge in [0.2, 0.25) is 0 Å². The molecule has 2 aromatic rings. The molecule has 0 radical (unpaired) electrons. The smallest absolute Gasteiger partial charge is 0.298 e. The summed E-state index contributed by atoms with van der Waals surface area (Å²) < 4.78 is 37.9. The number of likely N-dealkylation sites (tertiary alicyclic amines) is 1. The Kier molecular flexibility index (Phi) is 4.22. The Morgan fingerprint density at radius 2 is 2.27 bits per heavy atom. The molecule has 1 N–H and O–H groups in total. The first-order chi connectivity index (χ1) is 10.4. The number of nitrogens with one attached hydrogen (secondary N) is 1. The molecule has 3 rings (SSSR count). The first kappa shape index (κ1) is 15.5. The third-order valence-corrected chi connectivity index (χ3v) is 4.78. The van der Waals surface area contributed by atoms with Crippen molar-refractivity contribution in [3.8, 4) is 0 Å². The lowest BCUT2D eigenvalue weighted by Gasteiger charge is -2.31. The molecule has 0 aliphatic carbocycles. The van der Waals surface area contributed by atoms with Crippen molar-refractivity contribution >= 4 is 11.3 Å². The monoisotopic (exact) mass is 330 g/mol. The number of thiazole rings is 1. The summed E-state index contributed by atoms with van der Waals surface area (Å²) >= 11 is 1.66. The normalized spacial score (nSPS) is 20.5. The van der Waals surface area contributed by atoms with Crippen molar-refractivity contribution in [1.82, 2.24) is 20.1 Å².